The molecule has 0 unspecified atom stereocenters. The van der Waals surface area contributed by atoms with Crippen LogP contribution in [-0.4, -0.2) is 28.2 Å². The number of para-hydroxylation sites is 2. The summed E-state index contributed by atoms with van der Waals surface area (Å²) in [5, 5.41) is 6.74. The van der Waals surface area contributed by atoms with Crippen LogP contribution in [0.4, 0.5) is 11.4 Å². The van der Waals surface area contributed by atoms with Crippen LogP contribution in [0.5, 0.6) is 0 Å². The van der Waals surface area contributed by atoms with Gasteiger partial charge in [-0.2, -0.15) is 5.10 Å². The maximum atomic E-state index is 12.5. The van der Waals surface area contributed by atoms with Crippen molar-refractivity contribution in [1.82, 2.24) is 0 Å². The zero-order valence-electron chi connectivity index (χ0n) is 17.1. The SMILES string of the molecule is COC(=O)C1=NN(c2ccccc2C)[C@]2(S1)SC(C(C)=O)=C(C)N2c1ccccc1. The summed E-state index contributed by atoms with van der Waals surface area (Å²) < 4.78 is 4.07. The third-order valence-corrected chi connectivity index (χ3v) is 7.88. The number of thioether (sulfide) groups is 2. The highest BCUT2D eigenvalue weighted by atomic mass is 32.2. The summed E-state index contributed by atoms with van der Waals surface area (Å²) in [4.78, 5) is 27.7. The molecule has 0 aliphatic carbocycles. The maximum Gasteiger partial charge on any atom is 0.365 e. The van der Waals surface area contributed by atoms with E-state index in [1.54, 1.807) is 6.92 Å². The monoisotopic (exact) mass is 439 g/mol. The fourth-order valence-electron chi connectivity index (χ4n) is 3.55. The second kappa shape index (κ2) is 7.85. The summed E-state index contributed by atoms with van der Waals surface area (Å²) in [6.45, 7) is 5.49. The number of allylic oxidation sites excluding steroid dienone is 2. The number of hydrogen-bond donors (Lipinski definition) is 0. The van der Waals surface area contributed by atoms with Gasteiger partial charge in [0.2, 0.25) is 9.37 Å². The topological polar surface area (TPSA) is 62.2 Å². The molecule has 8 heteroatoms. The van der Waals surface area contributed by atoms with E-state index >= 15 is 0 Å². The average Bonchev–Trinajstić information content (AvgIpc) is 3.26. The summed E-state index contributed by atoms with van der Waals surface area (Å²) in [7, 11) is 1.34. The van der Waals surface area contributed by atoms with Gasteiger partial charge in [0, 0.05) is 11.4 Å². The van der Waals surface area contributed by atoms with E-state index in [9.17, 15) is 9.59 Å². The Morgan fingerprint density at radius 3 is 2.30 bits per heavy atom. The van der Waals surface area contributed by atoms with Crippen LogP contribution in [0.15, 0.2) is 70.3 Å². The first kappa shape index (κ1) is 20.6. The Bertz CT molecular complexity index is 1080. The average molecular weight is 440 g/mol. The molecule has 6 nitrogen and oxygen atoms in total. The fourth-order valence-corrected chi connectivity index (χ4v) is 6.51. The maximum absolute atomic E-state index is 12.5. The van der Waals surface area contributed by atoms with Crippen molar-refractivity contribution in [3.63, 3.8) is 0 Å². The molecule has 0 radical (unpaired) electrons. The van der Waals surface area contributed by atoms with Gasteiger partial charge < -0.3 is 9.64 Å². The Hall–Kier alpha value is -2.71. The van der Waals surface area contributed by atoms with Crippen LogP contribution >= 0.6 is 23.5 Å². The van der Waals surface area contributed by atoms with Gasteiger partial charge in [0.05, 0.1) is 17.7 Å². The van der Waals surface area contributed by atoms with Crippen molar-refractivity contribution < 1.29 is 14.3 Å². The van der Waals surface area contributed by atoms with Crippen LogP contribution in [0.2, 0.25) is 0 Å². The van der Waals surface area contributed by atoms with Gasteiger partial charge in [0.1, 0.15) is 0 Å². The number of ether oxygens (including phenoxy) is 1. The molecule has 0 saturated heterocycles. The first-order valence-electron chi connectivity index (χ1n) is 9.37. The zero-order chi connectivity index (χ0) is 21.5. The van der Waals surface area contributed by atoms with E-state index in [1.165, 1.54) is 30.6 Å². The van der Waals surface area contributed by atoms with Crippen LogP contribution in [0.3, 0.4) is 0 Å². The second-order valence-corrected chi connectivity index (χ2v) is 9.49. The predicted octanol–water partition coefficient (Wildman–Crippen LogP) is 4.72. The summed E-state index contributed by atoms with van der Waals surface area (Å²) in [6, 6.07) is 17.7. The van der Waals surface area contributed by atoms with Crippen LogP contribution in [0.25, 0.3) is 0 Å². The molecule has 2 aliphatic heterocycles. The molecular weight excluding hydrogens is 418 g/mol. The normalized spacial score (nSPS) is 20.7. The summed E-state index contributed by atoms with van der Waals surface area (Å²) >= 11 is 2.69. The summed E-state index contributed by atoms with van der Waals surface area (Å²) in [5.74, 6) is -0.523. The second-order valence-electron chi connectivity index (χ2n) is 6.89. The van der Waals surface area contributed by atoms with Crippen molar-refractivity contribution >= 4 is 51.7 Å². The Kier molecular flexibility index (Phi) is 5.38. The van der Waals surface area contributed by atoms with E-state index in [0.717, 1.165) is 22.6 Å². The van der Waals surface area contributed by atoms with E-state index in [2.05, 4.69) is 10.0 Å². The smallest absolute Gasteiger partial charge is 0.365 e. The van der Waals surface area contributed by atoms with Crippen LogP contribution in [-0.2, 0) is 14.3 Å². The van der Waals surface area contributed by atoms with Crippen molar-refractivity contribution in [3.05, 3.63) is 70.8 Å². The van der Waals surface area contributed by atoms with E-state index in [0.29, 0.717) is 4.91 Å². The molecule has 2 aromatic carbocycles. The molecule has 0 bridgehead atoms. The Labute approximate surface area is 184 Å². The van der Waals surface area contributed by atoms with Gasteiger partial charge in [-0.25, -0.2) is 9.80 Å². The molecule has 154 valence electrons. The molecule has 0 amide bonds. The number of rotatable bonds is 4. The highest BCUT2D eigenvalue weighted by Crippen LogP contribution is 2.60. The Morgan fingerprint density at radius 1 is 1.00 bits per heavy atom. The molecule has 2 aliphatic rings. The number of benzene rings is 2. The van der Waals surface area contributed by atoms with Crippen molar-refractivity contribution in [2.45, 2.75) is 25.1 Å². The molecule has 2 aromatic rings. The quantitative estimate of drug-likeness (QED) is 0.639. The number of methoxy groups -OCH3 is 1. The third-order valence-electron chi connectivity index (χ3n) is 4.91. The number of Topliss-reactive ketones (excluding diaryl/α,β-unsaturated/α-hetero) is 1. The standard InChI is InChI=1S/C22H21N3O3S2/c1-14-10-8-9-13-18(14)25-22(30-20(23-25)21(27)28-4)24(17-11-6-5-7-12-17)15(2)19(29-22)16(3)26/h5-13H,1-4H3/t22-/m0/s1. The fraction of sp³-hybridized carbons (Fsp3) is 0.227. The number of hydrogen-bond acceptors (Lipinski definition) is 8. The summed E-state index contributed by atoms with van der Waals surface area (Å²) in [6.07, 6.45) is 0. The number of anilines is 2. The number of carbonyl (C=O) groups is 2. The van der Waals surface area contributed by atoms with Gasteiger partial charge >= 0.3 is 5.97 Å². The number of esters is 1. The number of hydrazone groups is 1. The van der Waals surface area contributed by atoms with Gasteiger partial charge in [0.15, 0.2) is 5.78 Å². The van der Waals surface area contributed by atoms with Gasteiger partial charge in [-0.3, -0.25) is 4.79 Å². The van der Waals surface area contributed by atoms with Gasteiger partial charge in [-0.15, -0.1) is 0 Å². The minimum Gasteiger partial charge on any atom is -0.464 e. The third kappa shape index (κ3) is 3.20. The van der Waals surface area contributed by atoms with Gasteiger partial charge in [0.25, 0.3) is 0 Å². The molecule has 30 heavy (non-hydrogen) atoms. The van der Waals surface area contributed by atoms with Crippen molar-refractivity contribution in [2.75, 3.05) is 17.0 Å². The molecule has 0 saturated carbocycles. The minimum atomic E-state index is -0.901. The van der Waals surface area contributed by atoms with Crippen LogP contribution in [0.1, 0.15) is 19.4 Å². The molecule has 2 heterocycles. The van der Waals surface area contributed by atoms with E-state index in [-0.39, 0.29) is 10.8 Å². The lowest BCUT2D eigenvalue weighted by Crippen LogP contribution is -2.49. The van der Waals surface area contributed by atoms with Crippen molar-refractivity contribution in [3.8, 4) is 0 Å². The van der Waals surface area contributed by atoms with Gasteiger partial charge in [-0.1, -0.05) is 48.2 Å². The molecule has 0 fully saturated rings. The first-order valence-corrected chi connectivity index (χ1v) is 11.0. The highest BCUT2D eigenvalue weighted by molar-refractivity contribution is 8.29. The molecule has 0 aromatic heterocycles. The van der Waals surface area contributed by atoms with Crippen molar-refractivity contribution in [2.24, 2.45) is 5.10 Å². The number of nitrogens with zero attached hydrogens (tertiary/aromatic N) is 3. The zero-order valence-corrected chi connectivity index (χ0v) is 18.7. The lowest BCUT2D eigenvalue weighted by atomic mass is 10.2. The lowest BCUT2D eigenvalue weighted by molar-refractivity contribution is -0.132. The predicted molar refractivity (Wildman–Crippen MR) is 123 cm³/mol. The van der Waals surface area contributed by atoms with Crippen molar-refractivity contribution in [1.29, 1.82) is 0 Å². The molecule has 1 spiro atoms. The van der Waals surface area contributed by atoms with E-state index in [1.807, 2.05) is 73.5 Å². The lowest BCUT2D eigenvalue weighted by Gasteiger charge is -2.41. The Morgan fingerprint density at radius 2 is 1.67 bits per heavy atom. The van der Waals surface area contributed by atoms with Gasteiger partial charge in [-0.05, 0) is 56.3 Å². The highest BCUT2D eigenvalue weighted by Gasteiger charge is 2.58. The number of aryl methyl sites for hydroxylation is 1. The number of ketones is 1. The largest absolute Gasteiger partial charge is 0.464 e. The van der Waals surface area contributed by atoms with E-state index < -0.39 is 10.3 Å². The van der Waals surface area contributed by atoms with Crippen LogP contribution in [0, 0.1) is 6.92 Å². The summed E-state index contributed by atoms with van der Waals surface area (Å²) in [5.41, 5.74) is 3.60. The molecule has 0 N–H and O–H groups in total. The molecular formula is C22H21N3O3S2. The van der Waals surface area contributed by atoms with Crippen LogP contribution < -0.4 is 9.91 Å². The van der Waals surface area contributed by atoms with E-state index in [4.69, 9.17) is 4.74 Å². The minimum absolute atomic E-state index is 0.0212. The molecule has 1 atom stereocenters. The molecule has 4 rings (SSSR count). The Balaban J connectivity index is 1.94. The number of carbonyl (C=O) groups excluding carboxylic acids is 2. The first-order chi connectivity index (χ1) is 14.4.